The minimum Gasteiger partial charge on any atom is -0.508 e. The highest BCUT2D eigenvalue weighted by Gasteiger charge is 2.45. The monoisotopic (exact) mass is 383 g/mol. The van der Waals surface area contributed by atoms with Gasteiger partial charge >= 0.3 is 6.03 Å². The Morgan fingerprint density at radius 1 is 1.36 bits per heavy atom. The average Bonchev–Trinajstić information content (AvgIpc) is 3.06. The molecule has 2 aromatic rings. The van der Waals surface area contributed by atoms with Gasteiger partial charge in [-0.15, -0.1) is 0 Å². The fourth-order valence-electron chi connectivity index (χ4n) is 3.63. The van der Waals surface area contributed by atoms with Crippen LogP contribution in [0.15, 0.2) is 47.6 Å². The molecule has 0 saturated heterocycles. The lowest BCUT2D eigenvalue weighted by Crippen LogP contribution is -2.41. The maximum atomic E-state index is 13.9. The van der Waals surface area contributed by atoms with Crippen LogP contribution in [0.25, 0.3) is 0 Å². The topological polar surface area (TPSA) is 74.2 Å². The van der Waals surface area contributed by atoms with E-state index in [1.165, 1.54) is 17.1 Å². The summed E-state index contributed by atoms with van der Waals surface area (Å²) in [7, 11) is 0. The maximum absolute atomic E-state index is 13.9. The van der Waals surface area contributed by atoms with Crippen LogP contribution in [0.4, 0.5) is 9.18 Å². The molecule has 2 atom stereocenters. The number of aromatic hydroxyl groups is 1. The second kappa shape index (κ2) is 7.14. The predicted octanol–water partition coefficient (Wildman–Crippen LogP) is 3.67. The van der Waals surface area contributed by atoms with E-state index in [0.717, 1.165) is 5.56 Å². The van der Waals surface area contributed by atoms with Crippen molar-refractivity contribution in [1.82, 2.24) is 10.3 Å². The number of carbonyl (C=O) groups excluding carboxylic acids is 1. The van der Waals surface area contributed by atoms with Gasteiger partial charge in [-0.25, -0.2) is 14.2 Å². The molecule has 2 aromatic carbocycles. The summed E-state index contributed by atoms with van der Waals surface area (Å²) in [6, 6.07) is 10.3. The van der Waals surface area contributed by atoms with Crippen molar-refractivity contribution in [1.29, 1.82) is 0 Å². The molecule has 0 aliphatic carbocycles. The number of hydrogen-bond donors (Lipinski definition) is 2. The summed E-state index contributed by atoms with van der Waals surface area (Å²) in [6.07, 6.45) is 0. The van der Waals surface area contributed by atoms with Crippen molar-refractivity contribution in [3.63, 3.8) is 0 Å². The molecule has 2 aliphatic heterocycles. The Kier molecular flexibility index (Phi) is 4.66. The number of nitrogens with zero attached hydrogens (tertiary/aromatic N) is 2. The number of carbonyl (C=O) groups is 1. The molecule has 6 nitrogen and oxygen atoms in total. The number of hydrazone groups is 1. The highest BCUT2D eigenvalue weighted by Crippen LogP contribution is 2.43. The summed E-state index contributed by atoms with van der Waals surface area (Å²) in [6.45, 7) is 4.84. The van der Waals surface area contributed by atoms with Crippen molar-refractivity contribution in [2.45, 2.75) is 19.9 Å². The van der Waals surface area contributed by atoms with Gasteiger partial charge in [0, 0.05) is 12.1 Å². The van der Waals surface area contributed by atoms with Gasteiger partial charge in [0.1, 0.15) is 17.3 Å². The molecule has 28 heavy (non-hydrogen) atoms. The lowest BCUT2D eigenvalue weighted by molar-refractivity contribution is 0.159. The van der Waals surface area contributed by atoms with Crippen LogP contribution in [0.2, 0.25) is 0 Å². The van der Waals surface area contributed by atoms with Gasteiger partial charge in [0.25, 0.3) is 0 Å². The molecular weight excluding hydrogens is 361 g/mol. The van der Waals surface area contributed by atoms with Crippen LogP contribution >= 0.6 is 0 Å². The summed E-state index contributed by atoms with van der Waals surface area (Å²) in [5, 5.41) is 18.8. The number of phenolic OH excluding ortho intramolecular Hbond substituents is 1. The SMILES string of the molecule is CC(C)CNC(=O)N1N=C2c3cc(F)ccc3OC[C@@H]2[C@H]1c1cccc(O)c1. The number of halogens is 1. The number of amides is 2. The average molecular weight is 383 g/mol. The van der Waals surface area contributed by atoms with Crippen LogP contribution in [-0.2, 0) is 0 Å². The van der Waals surface area contributed by atoms with E-state index < -0.39 is 6.04 Å². The third-order valence-corrected chi connectivity index (χ3v) is 4.93. The van der Waals surface area contributed by atoms with Crippen LogP contribution in [0.3, 0.4) is 0 Å². The molecule has 0 radical (unpaired) electrons. The van der Waals surface area contributed by atoms with Crippen molar-refractivity contribution in [3.8, 4) is 11.5 Å². The Balaban J connectivity index is 1.75. The molecule has 2 N–H and O–H groups in total. The van der Waals surface area contributed by atoms with Crippen LogP contribution in [0.5, 0.6) is 11.5 Å². The summed E-state index contributed by atoms with van der Waals surface area (Å²) >= 11 is 0. The minimum absolute atomic E-state index is 0.108. The first kappa shape index (κ1) is 18.3. The highest BCUT2D eigenvalue weighted by atomic mass is 19.1. The number of urea groups is 1. The fraction of sp³-hybridized carbons (Fsp3) is 0.333. The van der Waals surface area contributed by atoms with Gasteiger partial charge in [0.2, 0.25) is 0 Å². The van der Waals surface area contributed by atoms with Crippen molar-refractivity contribution < 1.29 is 19.0 Å². The zero-order valence-corrected chi connectivity index (χ0v) is 15.7. The molecule has 0 fully saturated rings. The number of fused-ring (bicyclic) bond motifs is 3. The second-order valence-electron chi connectivity index (χ2n) is 7.51. The van der Waals surface area contributed by atoms with Crippen LogP contribution < -0.4 is 10.1 Å². The number of rotatable bonds is 3. The fourth-order valence-corrected chi connectivity index (χ4v) is 3.63. The number of nitrogens with one attached hydrogen (secondary N) is 1. The quantitative estimate of drug-likeness (QED) is 0.849. The van der Waals surface area contributed by atoms with E-state index >= 15 is 0 Å². The lowest BCUT2D eigenvalue weighted by Gasteiger charge is -2.30. The van der Waals surface area contributed by atoms with Crippen molar-refractivity contribution in [3.05, 3.63) is 59.4 Å². The molecule has 0 bridgehead atoms. The first-order valence-electron chi connectivity index (χ1n) is 9.31. The van der Waals surface area contributed by atoms with Gasteiger partial charge < -0.3 is 15.2 Å². The normalized spacial score (nSPS) is 20.3. The van der Waals surface area contributed by atoms with Crippen molar-refractivity contribution in [2.24, 2.45) is 16.9 Å². The Labute approximate surface area is 162 Å². The van der Waals surface area contributed by atoms with E-state index in [4.69, 9.17) is 4.74 Å². The first-order chi connectivity index (χ1) is 13.4. The molecule has 2 heterocycles. The van der Waals surface area contributed by atoms with Gasteiger partial charge in [-0.1, -0.05) is 26.0 Å². The molecule has 0 unspecified atom stereocenters. The molecule has 7 heteroatoms. The van der Waals surface area contributed by atoms with Crippen LogP contribution in [0, 0.1) is 17.7 Å². The maximum Gasteiger partial charge on any atom is 0.338 e. The van der Waals surface area contributed by atoms with Gasteiger partial charge in [-0.2, -0.15) is 5.10 Å². The van der Waals surface area contributed by atoms with E-state index in [1.807, 2.05) is 19.9 Å². The zero-order valence-electron chi connectivity index (χ0n) is 15.7. The van der Waals surface area contributed by atoms with Crippen LogP contribution in [-0.4, -0.2) is 35.0 Å². The molecule has 0 spiro atoms. The van der Waals surface area contributed by atoms with Crippen molar-refractivity contribution >= 4 is 11.7 Å². The number of ether oxygens (including phenoxy) is 1. The number of hydrogen-bond acceptors (Lipinski definition) is 4. The Hall–Kier alpha value is -3.09. The standard InChI is InChI=1S/C21H22FN3O3/c1-12(2)10-23-21(27)25-20(13-4-3-5-15(26)8-13)17-11-28-18-7-6-14(22)9-16(18)19(17)24-25/h3-9,12,17,20,26H,10-11H2,1-2H3,(H,23,27)/t17-,20+/m0/s1. The summed E-state index contributed by atoms with van der Waals surface area (Å²) in [5.41, 5.74) is 1.92. The van der Waals surface area contributed by atoms with Gasteiger partial charge in [0.15, 0.2) is 0 Å². The second-order valence-corrected chi connectivity index (χ2v) is 7.51. The molecule has 0 saturated carbocycles. The molecule has 0 aromatic heterocycles. The van der Waals surface area contributed by atoms with Gasteiger partial charge in [0.05, 0.1) is 24.3 Å². The van der Waals surface area contributed by atoms with E-state index in [-0.39, 0.29) is 23.5 Å². The lowest BCUT2D eigenvalue weighted by atomic mass is 9.86. The van der Waals surface area contributed by atoms with Gasteiger partial charge in [-0.3, -0.25) is 0 Å². The molecule has 146 valence electrons. The largest absolute Gasteiger partial charge is 0.508 e. The van der Waals surface area contributed by atoms with Crippen molar-refractivity contribution in [2.75, 3.05) is 13.2 Å². The summed E-state index contributed by atoms with van der Waals surface area (Å²) in [5.74, 6) is 0.300. The van der Waals surface area contributed by atoms with E-state index in [2.05, 4.69) is 10.4 Å². The Morgan fingerprint density at radius 2 is 2.18 bits per heavy atom. The minimum atomic E-state index is -0.453. The van der Waals surface area contributed by atoms with E-state index in [0.29, 0.717) is 36.1 Å². The van der Waals surface area contributed by atoms with E-state index in [9.17, 15) is 14.3 Å². The predicted molar refractivity (Wildman–Crippen MR) is 103 cm³/mol. The summed E-state index contributed by atoms with van der Waals surface area (Å²) < 4.78 is 19.7. The smallest absolute Gasteiger partial charge is 0.338 e. The molecule has 4 rings (SSSR count). The first-order valence-corrected chi connectivity index (χ1v) is 9.31. The molecule has 2 amide bonds. The number of phenols is 1. The third-order valence-electron chi connectivity index (χ3n) is 4.93. The Bertz CT molecular complexity index is 944. The third kappa shape index (κ3) is 3.28. The van der Waals surface area contributed by atoms with Gasteiger partial charge in [-0.05, 0) is 41.8 Å². The number of benzene rings is 2. The summed E-state index contributed by atoms with van der Waals surface area (Å²) in [4.78, 5) is 12.9. The zero-order chi connectivity index (χ0) is 19.8. The van der Waals surface area contributed by atoms with Crippen LogP contribution in [0.1, 0.15) is 31.0 Å². The Morgan fingerprint density at radius 3 is 2.93 bits per heavy atom. The highest BCUT2D eigenvalue weighted by molar-refractivity contribution is 6.07. The molecular formula is C21H22FN3O3. The van der Waals surface area contributed by atoms with E-state index in [1.54, 1.807) is 24.3 Å². The molecule has 2 aliphatic rings.